The van der Waals surface area contributed by atoms with E-state index in [1.54, 1.807) is 6.08 Å². The lowest BCUT2D eigenvalue weighted by Crippen LogP contribution is -2.49. The molecular formula is C21H31N3O5. The molecule has 3 N–H and O–H groups in total. The van der Waals surface area contributed by atoms with Crippen molar-refractivity contribution >= 4 is 24.2 Å². The van der Waals surface area contributed by atoms with Gasteiger partial charge in [-0.3, -0.25) is 14.4 Å². The van der Waals surface area contributed by atoms with E-state index < -0.39 is 23.9 Å². The highest BCUT2D eigenvalue weighted by Crippen LogP contribution is 2.10. The molecule has 0 aliphatic heterocycles. The van der Waals surface area contributed by atoms with Gasteiger partial charge >= 0.3 is 6.09 Å². The van der Waals surface area contributed by atoms with E-state index in [1.807, 2.05) is 39.0 Å². The van der Waals surface area contributed by atoms with Crippen molar-refractivity contribution in [2.24, 2.45) is 5.92 Å². The number of nitrogens with one attached hydrogen (secondary N) is 3. The normalized spacial score (nSPS) is 14.6. The molecule has 1 rings (SSSR count). The summed E-state index contributed by atoms with van der Waals surface area (Å²) in [5, 5.41) is 7.46. The second-order valence-electron chi connectivity index (χ2n) is 7.11. The van der Waals surface area contributed by atoms with Crippen LogP contribution in [-0.2, 0) is 19.1 Å². The number of carbonyl (C=O) groups is 4. The molecule has 29 heavy (non-hydrogen) atoms. The number of amides is 3. The number of hydrogen-bond acceptors (Lipinski definition) is 5. The molecule has 0 aromatic heterocycles. The van der Waals surface area contributed by atoms with E-state index in [0.717, 1.165) is 18.4 Å². The Morgan fingerprint density at radius 3 is 2.59 bits per heavy atom. The summed E-state index contributed by atoms with van der Waals surface area (Å²) in [6.45, 7) is 5.50. The first kappa shape index (κ1) is 24.1. The monoisotopic (exact) mass is 405 g/mol. The van der Waals surface area contributed by atoms with Crippen LogP contribution in [0.25, 0.3) is 0 Å². The van der Waals surface area contributed by atoms with Gasteiger partial charge in [0.25, 0.3) is 0 Å². The molecule has 160 valence electrons. The van der Waals surface area contributed by atoms with E-state index in [1.165, 1.54) is 0 Å². The van der Waals surface area contributed by atoms with Gasteiger partial charge in [-0.25, -0.2) is 4.79 Å². The molecule has 8 nitrogen and oxygen atoms in total. The van der Waals surface area contributed by atoms with Crippen LogP contribution in [0.1, 0.15) is 46.5 Å². The number of carbonyl (C=O) groups excluding carboxylic acids is 4. The maximum atomic E-state index is 12.4. The van der Waals surface area contributed by atoms with Gasteiger partial charge in [-0.2, -0.15) is 0 Å². The molecule has 1 atom stereocenters. The van der Waals surface area contributed by atoms with Crippen LogP contribution in [0.5, 0.6) is 0 Å². The largest absolute Gasteiger partial charge is 0.445 e. The third-order valence-corrected chi connectivity index (χ3v) is 4.02. The molecular weight excluding hydrogens is 374 g/mol. The van der Waals surface area contributed by atoms with Crippen molar-refractivity contribution in [1.82, 2.24) is 16.0 Å². The van der Waals surface area contributed by atoms with Gasteiger partial charge in [0.15, 0.2) is 6.29 Å². The zero-order valence-corrected chi connectivity index (χ0v) is 17.3. The van der Waals surface area contributed by atoms with E-state index >= 15 is 0 Å². The number of ether oxygens (including phenoxy) is 1. The van der Waals surface area contributed by atoms with Gasteiger partial charge in [0.05, 0.1) is 12.2 Å². The van der Waals surface area contributed by atoms with Crippen molar-refractivity contribution < 1.29 is 23.9 Å². The Labute approximate surface area is 171 Å². The first-order chi connectivity index (χ1) is 13.8. The zero-order valence-electron chi connectivity index (χ0n) is 17.3. The molecule has 0 unspecified atom stereocenters. The van der Waals surface area contributed by atoms with Crippen molar-refractivity contribution in [3.05, 3.63) is 35.6 Å². The molecule has 0 fully saturated rings. The van der Waals surface area contributed by atoms with Gasteiger partial charge in [-0.05, 0) is 37.2 Å². The maximum absolute atomic E-state index is 12.4. The topological polar surface area (TPSA) is 114 Å². The summed E-state index contributed by atoms with van der Waals surface area (Å²) >= 11 is 0. The Morgan fingerprint density at radius 1 is 1.24 bits per heavy atom. The molecule has 1 aliphatic rings. The van der Waals surface area contributed by atoms with Gasteiger partial charge < -0.3 is 20.7 Å². The molecule has 3 amide bonds. The summed E-state index contributed by atoms with van der Waals surface area (Å²) in [5.41, 5.74) is 1.07. The van der Waals surface area contributed by atoms with Crippen LogP contribution in [0.15, 0.2) is 35.6 Å². The van der Waals surface area contributed by atoms with Crippen molar-refractivity contribution in [2.75, 3.05) is 13.2 Å². The molecule has 0 saturated heterocycles. The molecule has 0 aromatic carbocycles. The second kappa shape index (κ2) is 13.3. The highest BCUT2D eigenvalue weighted by Gasteiger charge is 2.23. The van der Waals surface area contributed by atoms with Gasteiger partial charge in [0.1, 0.15) is 12.6 Å². The predicted molar refractivity (Wildman–Crippen MR) is 110 cm³/mol. The molecule has 0 radical (unpaired) electrons. The third-order valence-electron chi connectivity index (χ3n) is 4.02. The van der Waals surface area contributed by atoms with Crippen LogP contribution >= 0.6 is 0 Å². The van der Waals surface area contributed by atoms with E-state index in [-0.39, 0.29) is 24.8 Å². The van der Waals surface area contributed by atoms with Crippen molar-refractivity contribution in [2.45, 2.75) is 52.5 Å². The Morgan fingerprint density at radius 2 is 2.00 bits per heavy atom. The SMILES string of the molecule is CC/C=C(\C=O)NC(=O)CNC(=O)[C@H](CC(C)C)NC(=O)OCC1=CCCC=C1. The zero-order chi connectivity index (χ0) is 21.6. The lowest BCUT2D eigenvalue weighted by atomic mass is 10.0. The molecule has 0 heterocycles. The first-order valence-corrected chi connectivity index (χ1v) is 9.87. The number of hydrogen-bond donors (Lipinski definition) is 3. The highest BCUT2D eigenvalue weighted by atomic mass is 16.5. The average molecular weight is 405 g/mol. The lowest BCUT2D eigenvalue weighted by Gasteiger charge is -2.20. The Bertz CT molecular complexity index is 680. The third kappa shape index (κ3) is 10.3. The molecule has 8 heteroatoms. The maximum Gasteiger partial charge on any atom is 0.408 e. The molecule has 0 bridgehead atoms. The standard InChI is InChI=1S/C21H31N3O5/c1-4-8-17(13-25)23-19(26)12-22-20(27)18(11-15(2)3)24-21(28)29-14-16-9-6-5-7-10-16/h6,8-10,13,15,18H,4-5,7,11-12,14H2,1-3H3,(H,22,27)(H,23,26)(H,24,28)/b17-8+/t18-/m0/s1. The summed E-state index contributed by atoms with van der Waals surface area (Å²) in [6.07, 6.45) is 10.2. The summed E-state index contributed by atoms with van der Waals surface area (Å²) in [6, 6.07) is -0.831. The minimum absolute atomic E-state index is 0.137. The highest BCUT2D eigenvalue weighted by molar-refractivity contribution is 5.91. The van der Waals surface area contributed by atoms with Crippen molar-refractivity contribution in [3.8, 4) is 0 Å². The molecule has 0 saturated carbocycles. The number of rotatable bonds is 11. The van der Waals surface area contributed by atoms with E-state index in [9.17, 15) is 19.2 Å². The predicted octanol–water partition coefficient (Wildman–Crippen LogP) is 2.13. The smallest absolute Gasteiger partial charge is 0.408 e. The van der Waals surface area contributed by atoms with Crippen LogP contribution in [0.4, 0.5) is 4.79 Å². The van der Waals surface area contributed by atoms with Gasteiger partial charge in [-0.15, -0.1) is 0 Å². The summed E-state index contributed by atoms with van der Waals surface area (Å²) in [4.78, 5) is 47.3. The van der Waals surface area contributed by atoms with Crippen molar-refractivity contribution in [3.63, 3.8) is 0 Å². The van der Waals surface area contributed by atoms with Crippen LogP contribution in [-0.4, -0.2) is 43.4 Å². The summed E-state index contributed by atoms with van der Waals surface area (Å²) < 4.78 is 5.19. The number of aldehydes is 1. The average Bonchev–Trinajstić information content (AvgIpc) is 2.70. The Hall–Kier alpha value is -2.90. The first-order valence-electron chi connectivity index (χ1n) is 9.87. The van der Waals surface area contributed by atoms with Crippen molar-refractivity contribution in [1.29, 1.82) is 0 Å². The minimum atomic E-state index is -0.831. The fraction of sp³-hybridized carbons (Fsp3) is 0.524. The van der Waals surface area contributed by atoms with Gasteiger partial charge in [-0.1, -0.05) is 45.1 Å². The van der Waals surface area contributed by atoms with Gasteiger partial charge in [0.2, 0.25) is 11.8 Å². The number of alkyl carbamates (subject to hydrolysis) is 1. The van der Waals surface area contributed by atoms with Crippen LogP contribution in [0.3, 0.4) is 0 Å². The minimum Gasteiger partial charge on any atom is -0.445 e. The molecule has 1 aliphatic carbocycles. The fourth-order valence-corrected chi connectivity index (χ4v) is 2.65. The van der Waals surface area contributed by atoms with Crippen LogP contribution in [0.2, 0.25) is 0 Å². The number of allylic oxidation sites excluding steroid dienone is 4. The van der Waals surface area contributed by atoms with Gasteiger partial charge in [0, 0.05) is 0 Å². The van der Waals surface area contributed by atoms with Crippen LogP contribution in [0, 0.1) is 5.92 Å². The summed E-state index contributed by atoms with van der Waals surface area (Å²) in [7, 11) is 0. The molecule has 0 spiro atoms. The van der Waals surface area contributed by atoms with E-state index in [2.05, 4.69) is 16.0 Å². The molecule has 0 aromatic rings. The fourth-order valence-electron chi connectivity index (χ4n) is 2.65. The Kier molecular flexibility index (Phi) is 11.1. The lowest BCUT2D eigenvalue weighted by molar-refractivity contribution is -0.127. The second-order valence-corrected chi connectivity index (χ2v) is 7.11. The van der Waals surface area contributed by atoms with Crippen LogP contribution < -0.4 is 16.0 Å². The summed E-state index contributed by atoms with van der Waals surface area (Å²) in [5.74, 6) is -0.875. The van der Waals surface area contributed by atoms with E-state index in [4.69, 9.17) is 4.74 Å². The Balaban J connectivity index is 2.53. The van der Waals surface area contributed by atoms with E-state index in [0.29, 0.717) is 19.1 Å². The quantitative estimate of drug-likeness (QED) is 0.360.